The molecule has 0 aromatic carbocycles. The van der Waals surface area contributed by atoms with E-state index in [0.29, 0.717) is 5.57 Å². The summed E-state index contributed by atoms with van der Waals surface area (Å²) in [6, 6.07) is 0.145. The van der Waals surface area contributed by atoms with Gasteiger partial charge < -0.3 is 4.74 Å². The largest absolute Gasteiger partial charge is 0.443 e. The van der Waals surface area contributed by atoms with Crippen LogP contribution >= 0.6 is 0 Å². The highest BCUT2D eigenvalue weighted by atomic mass is 16.6. The molecule has 2 aliphatic rings. The average Bonchev–Trinajstić information content (AvgIpc) is 2.65. The second-order valence-corrected chi connectivity index (χ2v) is 5.67. The lowest BCUT2D eigenvalue weighted by molar-refractivity contribution is -0.104. The highest BCUT2D eigenvalue weighted by Gasteiger charge is 2.44. The van der Waals surface area contributed by atoms with Gasteiger partial charge in [0.25, 0.3) is 0 Å². The number of aldehydes is 1. The molecule has 0 aromatic rings. The third-order valence-electron chi connectivity index (χ3n) is 4.02. The number of nitrogens with zero attached hydrogens (tertiary/aromatic N) is 1. The summed E-state index contributed by atoms with van der Waals surface area (Å²) in [5.41, 5.74) is 0.661. The number of carbonyl (C=O) groups excluding carboxylic acids is 2. The van der Waals surface area contributed by atoms with Gasteiger partial charge in [-0.05, 0) is 26.7 Å². The van der Waals surface area contributed by atoms with Crippen LogP contribution < -0.4 is 0 Å². The maximum absolute atomic E-state index is 11.9. The first-order valence-corrected chi connectivity index (χ1v) is 6.80. The normalized spacial score (nSPS) is 34.5. The standard InChI is InChI=1S/C15H21NO3/c1-9(2)16-11(4)14(19-15(16)18)13-7-12(8-17)6-5-10(13)3/h5-11,13-14H,1-4H3/t10?,11-,13?,14-/m0/s1. The van der Waals surface area contributed by atoms with Crippen LogP contribution in [0.25, 0.3) is 0 Å². The van der Waals surface area contributed by atoms with Crippen LogP contribution in [0.1, 0.15) is 27.7 Å². The van der Waals surface area contributed by atoms with E-state index in [9.17, 15) is 9.59 Å². The van der Waals surface area contributed by atoms with Crippen molar-refractivity contribution in [2.75, 3.05) is 0 Å². The van der Waals surface area contributed by atoms with Gasteiger partial charge in [0.05, 0.1) is 6.04 Å². The van der Waals surface area contributed by atoms with Crippen molar-refractivity contribution in [3.05, 3.63) is 23.8 Å². The molecule has 0 radical (unpaired) electrons. The molecule has 1 saturated heterocycles. The Morgan fingerprint density at radius 1 is 1.37 bits per heavy atom. The molecule has 2 unspecified atom stereocenters. The maximum atomic E-state index is 11.9. The molecule has 1 fully saturated rings. The Morgan fingerprint density at radius 2 is 2.05 bits per heavy atom. The monoisotopic (exact) mass is 263 g/mol. The third kappa shape index (κ3) is 2.44. The fourth-order valence-electron chi connectivity index (χ4n) is 2.97. The zero-order valence-electron chi connectivity index (χ0n) is 11.9. The molecule has 0 spiro atoms. The molecular weight excluding hydrogens is 242 g/mol. The predicted octanol–water partition coefficient (Wildman–Crippen LogP) is 2.55. The van der Waals surface area contributed by atoms with Crippen molar-refractivity contribution >= 4 is 12.4 Å². The van der Waals surface area contributed by atoms with E-state index in [-0.39, 0.29) is 36.1 Å². The summed E-state index contributed by atoms with van der Waals surface area (Å²) in [7, 11) is 0. The van der Waals surface area contributed by atoms with E-state index in [0.717, 1.165) is 6.29 Å². The van der Waals surface area contributed by atoms with Gasteiger partial charge in [-0.15, -0.1) is 0 Å². The quantitative estimate of drug-likeness (QED) is 0.735. The van der Waals surface area contributed by atoms with Crippen molar-refractivity contribution < 1.29 is 14.3 Å². The van der Waals surface area contributed by atoms with Crippen molar-refractivity contribution in [1.29, 1.82) is 0 Å². The van der Waals surface area contributed by atoms with Gasteiger partial charge in [0.1, 0.15) is 12.4 Å². The van der Waals surface area contributed by atoms with Gasteiger partial charge >= 0.3 is 6.09 Å². The molecule has 1 heterocycles. The molecule has 1 aliphatic heterocycles. The van der Waals surface area contributed by atoms with Crippen molar-refractivity contribution in [2.24, 2.45) is 11.8 Å². The fraction of sp³-hybridized carbons (Fsp3) is 0.600. The molecule has 1 amide bonds. The molecule has 4 atom stereocenters. The van der Waals surface area contributed by atoms with Crippen molar-refractivity contribution in [2.45, 2.75) is 45.9 Å². The molecule has 0 N–H and O–H groups in total. The van der Waals surface area contributed by atoms with E-state index in [1.807, 2.05) is 39.0 Å². The van der Waals surface area contributed by atoms with Gasteiger partial charge in [-0.3, -0.25) is 9.69 Å². The number of hydrogen-bond donors (Lipinski definition) is 0. The predicted molar refractivity (Wildman–Crippen MR) is 72.6 cm³/mol. The lowest BCUT2D eigenvalue weighted by atomic mass is 9.81. The number of allylic oxidation sites excluding steroid dienone is 3. The minimum absolute atomic E-state index is 0.0237. The second kappa shape index (κ2) is 5.19. The highest BCUT2D eigenvalue weighted by molar-refractivity contribution is 5.78. The van der Waals surface area contributed by atoms with Crippen LogP contribution in [0.15, 0.2) is 23.8 Å². The Hall–Kier alpha value is -1.58. The maximum Gasteiger partial charge on any atom is 0.410 e. The first-order valence-electron chi connectivity index (χ1n) is 6.80. The zero-order valence-corrected chi connectivity index (χ0v) is 11.9. The number of hydrogen-bond acceptors (Lipinski definition) is 3. The summed E-state index contributed by atoms with van der Waals surface area (Å²) >= 11 is 0. The Balaban J connectivity index is 2.23. The Morgan fingerprint density at radius 3 is 2.58 bits per heavy atom. The van der Waals surface area contributed by atoms with Gasteiger partial charge in [-0.2, -0.15) is 0 Å². The summed E-state index contributed by atoms with van der Waals surface area (Å²) in [5, 5.41) is 0. The van der Waals surface area contributed by atoms with Crippen LogP contribution in [0.3, 0.4) is 0 Å². The van der Waals surface area contributed by atoms with Crippen LogP contribution in [0.2, 0.25) is 0 Å². The van der Waals surface area contributed by atoms with Gasteiger partial charge in [-0.1, -0.05) is 25.2 Å². The van der Waals surface area contributed by atoms with Gasteiger partial charge in [0, 0.05) is 17.5 Å². The Kier molecular flexibility index (Phi) is 3.78. The summed E-state index contributed by atoms with van der Waals surface area (Å²) in [6.07, 6.45) is 6.16. The first kappa shape index (κ1) is 13.8. The first-order chi connectivity index (χ1) is 8.95. The molecule has 104 valence electrons. The molecule has 19 heavy (non-hydrogen) atoms. The lowest BCUT2D eigenvalue weighted by Crippen LogP contribution is -2.42. The number of carbonyl (C=O) groups is 2. The van der Waals surface area contributed by atoms with Crippen molar-refractivity contribution in [3.63, 3.8) is 0 Å². The molecule has 2 rings (SSSR count). The van der Waals surface area contributed by atoms with Gasteiger partial charge in [0.15, 0.2) is 0 Å². The van der Waals surface area contributed by atoms with Crippen LogP contribution in [0.4, 0.5) is 4.79 Å². The van der Waals surface area contributed by atoms with Crippen molar-refractivity contribution in [3.8, 4) is 0 Å². The SMILES string of the molecule is CC1C=CC(C=O)=CC1[C@H]1OC(=O)N(C(C)C)[C@H]1C. The summed E-state index contributed by atoms with van der Waals surface area (Å²) < 4.78 is 5.54. The van der Waals surface area contributed by atoms with Crippen LogP contribution in [-0.4, -0.2) is 35.5 Å². The van der Waals surface area contributed by atoms with E-state index in [1.54, 1.807) is 4.90 Å². The lowest BCUT2D eigenvalue weighted by Gasteiger charge is -2.30. The fourth-order valence-corrected chi connectivity index (χ4v) is 2.97. The Bertz CT molecular complexity index is 439. The van der Waals surface area contributed by atoms with E-state index < -0.39 is 0 Å². The van der Waals surface area contributed by atoms with Crippen LogP contribution in [0.5, 0.6) is 0 Å². The van der Waals surface area contributed by atoms with Crippen LogP contribution in [-0.2, 0) is 9.53 Å². The van der Waals surface area contributed by atoms with Gasteiger partial charge in [-0.25, -0.2) is 4.79 Å². The van der Waals surface area contributed by atoms with E-state index in [2.05, 4.69) is 6.92 Å². The minimum atomic E-state index is -0.254. The topological polar surface area (TPSA) is 46.6 Å². The second-order valence-electron chi connectivity index (χ2n) is 5.67. The summed E-state index contributed by atoms with van der Waals surface area (Å²) in [6.45, 7) is 8.06. The van der Waals surface area contributed by atoms with E-state index >= 15 is 0 Å². The molecule has 4 heteroatoms. The van der Waals surface area contributed by atoms with E-state index in [1.165, 1.54) is 0 Å². The molecular formula is C15H21NO3. The summed E-state index contributed by atoms with van der Waals surface area (Å²) in [5.74, 6) is 0.323. The van der Waals surface area contributed by atoms with Crippen LogP contribution in [0, 0.1) is 11.8 Å². The molecule has 0 saturated carbocycles. The van der Waals surface area contributed by atoms with E-state index in [4.69, 9.17) is 4.74 Å². The third-order valence-corrected chi connectivity index (χ3v) is 4.02. The number of amides is 1. The average molecular weight is 263 g/mol. The minimum Gasteiger partial charge on any atom is -0.443 e. The van der Waals surface area contributed by atoms with Crippen molar-refractivity contribution in [1.82, 2.24) is 4.90 Å². The number of ether oxygens (including phenoxy) is 1. The number of rotatable bonds is 3. The number of cyclic esters (lactones) is 1. The zero-order chi connectivity index (χ0) is 14.2. The smallest absolute Gasteiger partial charge is 0.410 e. The molecule has 0 aromatic heterocycles. The Labute approximate surface area is 114 Å². The summed E-state index contributed by atoms with van der Waals surface area (Å²) in [4.78, 5) is 24.6. The van der Waals surface area contributed by atoms with Gasteiger partial charge in [0.2, 0.25) is 0 Å². The molecule has 1 aliphatic carbocycles. The highest BCUT2D eigenvalue weighted by Crippen LogP contribution is 2.34. The molecule has 4 nitrogen and oxygen atoms in total. The molecule has 0 bridgehead atoms.